The van der Waals surface area contributed by atoms with Crippen molar-refractivity contribution in [3.05, 3.63) is 127 Å². The molecule has 2 heterocycles. The summed E-state index contributed by atoms with van der Waals surface area (Å²) in [7, 11) is 0. The minimum Gasteiger partial charge on any atom is -0.287 e. The lowest BCUT2D eigenvalue weighted by Gasteiger charge is -2.04. The van der Waals surface area contributed by atoms with Crippen LogP contribution in [0.1, 0.15) is 47.6 Å². The van der Waals surface area contributed by atoms with Gasteiger partial charge in [0.05, 0.1) is 0 Å². The van der Waals surface area contributed by atoms with Gasteiger partial charge >= 0.3 is 0 Å². The van der Waals surface area contributed by atoms with E-state index in [1.165, 1.54) is 0 Å². The number of ketones is 1. The molecule has 1 aliphatic carbocycles. The van der Waals surface area contributed by atoms with Crippen molar-refractivity contribution >= 4 is 50.7 Å². The number of fused-ring (bicyclic) bond motifs is 4. The van der Waals surface area contributed by atoms with Crippen molar-refractivity contribution in [3.8, 4) is 0 Å². The predicted molar refractivity (Wildman–Crippen MR) is 155 cm³/mol. The molecule has 0 aliphatic heterocycles. The zero-order chi connectivity index (χ0) is 24.5. The van der Waals surface area contributed by atoms with Gasteiger partial charge in [-0.25, -0.2) is 0 Å². The molecule has 0 atom stereocenters. The van der Waals surface area contributed by atoms with E-state index in [1.54, 1.807) is 36.7 Å². The molecule has 0 bridgehead atoms. The first-order valence-corrected chi connectivity index (χ1v) is 11.9. The molecule has 6 heteroatoms. The number of carbonyl (C=O) groups is 1. The van der Waals surface area contributed by atoms with Gasteiger partial charge in [0.2, 0.25) is 11.2 Å². The van der Waals surface area contributed by atoms with Crippen LogP contribution in [-0.4, -0.2) is 15.8 Å². The van der Waals surface area contributed by atoms with Crippen molar-refractivity contribution in [2.75, 3.05) is 0 Å². The number of pyridine rings is 2. The van der Waals surface area contributed by atoms with Gasteiger partial charge in [-0.3, -0.25) is 19.6 Å². The molecule has 0 N–H and O–H groups in total. The van der Waals surface area contributed by atoms with Crippen LogP contribution in [0.5, 0.6) is 0 Å². The molecule has 6 rings (SSSR count). The van der Waals surface area contributed by atoms with Crippen LogP contribution in [0, 0.1) is 6.92 Å². The minimum atomic E-state index is -0.0506. The fourth-order valence-corrected chi connectivity index (χ4v) is 4.80. The van der Waals surface area contributed by atoms with Crippen LogP contribution >= 0.6 is 23.2 Å². The Balaban J connectivity index is 0.000000195. The van der Waals surface area contributed by atoms with E-state index >= 15 is 0 Å². The van der Waals surface area contributed by atoms with Gasteiger partial charge in [0.25, 0.3) is 0 Å². The Morgan fingerprint density at radius 3 is 2.22 bits per heavy atom. The van der Waals surface area contributed by atoms with Gasteiger partial charge in [0.15, 0.2) is 0 Å². The van der Waals surface area contributed by atoms with Crippen LogP contribution in [0.4, 0.5) is 0 Å². The van der Waals surface area contributed by atoms with Gasteiger partial charge in [-0.2, -0.15) is 0 Å². The lowest BCUT2D eigenvalue weighted by atomic mass is 10.0. The molecule has 0 radical (unpaired) electrons. The van der Waals surface area contributed by atoms with Crippen LogP contribution in [0.2, 0.25) is 10.0 Å². The number of aryl methyl sites for hydroxylation is 3. The summed E-state index contributed by atoms with van der Waals surface area (Å²) in [6.07, 6.45) is 4.97. The summed E-state index contributed by atoms with van der Waals surface area (Å²) in [5, 5.41) is 3.70. The molecule has 4 nitrogen and oxygen atoms in total. The number of benzene rings is 2. The third kappa shape index (κ3) is 5.56. The number of rotatable bonds is 0. The fraction of sp³-hybridized carbons (Fsp3) is 0.161. The second-order valence-corrected chi connectivity index (χ2v) is 9.30. The maximum atomic E-state index is 12.4. The Labute approximate surface area is 226 Å². The summed E-state index contributed by atoms with van der Waals surface area (Å²) in [6.45, 7) is 1.98. The second kappa shape index (κ2) is 11.6. The Morgan fingerprint density at radius 2 is 1.41 bits per heavy atom. The number of nitrogens with zero attached hydrogens (tertiary/aromatic N) is 2. The third-order valence-electron chi connectivity index (χ3n) is 6.16. The largest absolute Gasteiger partial charge is 0.287 e. The quantitative estimate of drug-likeness (QED) is 0.203. The summed E-state index contributed by atoms with van der Waals surface area (Å²) < 4.78 is 0. The standard InChI is InChI=1S/C15H10ClNO.C14H10ClNO.2CH4/c1-9-7-10-3-2-6-17-14(10)15(18)12-5-4-11(16)8-13(9)12;15-11-5-6-12-10(8-11)4-3-9-2-1-7-16-13(9)14(12)17;;/h2-8H,1H3;1-2,5-8H,3-4H2;2*1H4. The molecule has 0 fully saturated rings. The van der Waals surface area contributed by atoms with Gasteiger partial charge in [0, 0.05) is 38.8 Å². The molecule has 0 amide bonds. The van der Waals surface area contributed by atoms with Crippen molar-refractivity contribution in [2.45, 2.75) is 34.6 Å². The van der Waals surface area contributed by atoms with Crippen molar-refractivity contribution in [2.24, 2.45) is 0 Å². The number of hydrogen-bond acceptors (Lipinski definition) is 4. The SMILES string of the molecule is C.C.Cc1cc2cccnc2c(=O)c2ccc(Cl)cc12.O=C1c2ccc(Cl)cc2CCc2cccnc21. The molecule has 2 aromatic heterocycles. The highest BCUT2D eigenvalue weighted by Crippen LogP contribution is 2.25. The maximum absolute atomic E-state index is 12.4. The normalized spacial score (nSPS) is 11.7. The zero-order valence-electron chi connectivity index (χ0n) is 18.9. The van der Waals surface area contributed by atoms with E-state index in [0.717, 1.165) is 45.9 Å². The van der Waals surface area contributed by atoms with Gasteiger partial charge in [0.1, 0.15) is 11.2 Å². The monoisotopic (exact) mass is 530 g/mol. The highest BCUT2D eigenvalue weighted by molar-refractivity contribution is 6.31. The van der Waals surface area contributed by atoms with Gasteiger partial charge in [-0.1, -0.05) is 50.2 Å². The van der Waals surface area contributed by atoms with Gasteiger partial charge < -0.3 is 0 Å². The highest BCUT2D eigenvalue weighted by atomic mass is 35.5. The molecule has 0 unspecified atom stereocenters. The predicted octanol–water partition coefficient (Wildman–Crippen LogP) is 8.05. The van der Waals surface area contributed by atoms with Crippen molar-refractivity contribution in [1.29, 1.82) is 0 Å². The van der Waals surface area contributed by atoms with Crippen molar-refractivity contribution in [1.82, 2.24) is 9.97 Å². The molecule has 188 valence electrons. The number of halogens is 2. The average molecular weight is 531 g/mol. The van der Waals surface area contributed by atoms with Gasteiger partial charge in [-0.05, 0) is 96.4 Å². The van der Waals surface area contributed by atoms with E-state index in [4.69, 9.17) is 23.2 Å². The Kier molecular flexibility index (Phi) is 8.80. The molecule has 1 aliphatic rings. The van der Waals surface area contributed by atoms with Crippen LogP contribution in [-0.2, 0) is 12.8 Å². The molecule has 0 spiro atoms. The zero-order valence-corrected chi connectivity index (χ0v) is 20.4. The third-order valence-corrected chi connectivity index (χ3v) is 6.63. The van der Waals surface area contributed by atoms with Crippen LogP contribution < -0.4 is 5.43 Å². The van der Waals surface area contributed by atoms with Crippen LogP contribution in [0.25, 0.3) is 21.7 Å². The summed E-state index contributed by atoms with van der Waals surface area (Å²) in [6, 6.07) is 20.3. The highest BCUT2D eigenvalue weighted by Gasteiger charge is 2.21. The smallest absolute Gasteiger partial charge is 0.212 e. The lowest BCUT2D eigenvalue weighted by Crippen LogP contribution is -2.06. The van der Waals surface area contributed by atoms with Crippen LogP contribution in [0.3, 0.4) is 0 Å². The average Bonchev–Trinajstić information content (AvgIpc) is 3.07. The maximum Gasteiger partial charge on any atom is 0.212 e. The molecule has 0 saturated carbocycles. The fourth-order valence-electron chi connectivity index (χ4n) is 4.44. The van der Waals surface area contributed by atoms with Crippen molar-refractivity contribution in [3.63, 3.8) is 0 Å². The van der Waals surface area contributed by atoms with Crippen molar-refractivity contribution < 1.29 is 4.79 Å². The Morgan fingerprint density at radius 1 is 0.730 bits per heavy atom. The summed E-state index contributed by atoms with van der Waals surface area (Å²) >= 11 is 12.0. The number of aromatic nitrogens is 2. The molecular formula is C31H28Cl2N2O2. The van der Waals surface area contributed by atoms with E-state index < -0.39 is 0 Å². The number of hydrogen-bond donors (Lipinski definition) is 0. The van der Waals surface area contributed by atoms with Gasteiger partial charge in [-0.15, -0.1) is 0 Å². The lowest BCUT2D eigenvalue weighted by molar-refractivity contribution is 0.103. The summed E-state index contributed by atoms with van der Waals surface area (Å²) in [5.74, 6) is 0.00441. The van der Waals surface area contributed by atoms with E-state index in [2.05, 4.69) is 9.97 Å². The van der Waals surface area contributed by atoms with Crippen LogP contribution in [0.15, 0.2) is 83.9 Å². The molecule has 3 aromatic carbocycles. The Bertz CT molecular complexity index is 1680. The minimum absolute atomic E-state index is 0. The second-order valence-electron chi connectivity index (χ2n) is 8.43. The van der Waals surface area contributed by atoms with E-state index in [-0.39, 0.29) is 26.1 Å². The van der Waals surface area contributed by atoms with E-state index in [0.29, 0.717) is 26.6 Å². The first-order valence-electron chi connectivity index (χ1n) is 11.2. The van der Waals surface area contributed by atoms with E-state index in [9.17, 15) is 9.59 Å². The van der Waals surface area contributed by atoms with E-state index in [1.807, 2.05) is 49.4 Å². The molecule has 5 aromatic rings. The molecular weight excluding hydrogens is 503 g/mol. The number of carbonyl (C=O) groups excluding carboxylic acids is 1. The molecule has 0 saturated heterocycles. The summed E-state index contributed by atoms with van der Waals surface area (Å²) in [4.78, 5) is 33.2. The first kappa shape index (κ1) is 28.0. The topological polar surface area (TPSA) is 59.9 Å². The summed E-state index contributed by atoms with van der Waals surface area (Å²) in [5.41, 5.74) is 4.81. The Hall–Kier alpha value is -3.60. The first-order chi connectivity index (χ1) is 16.9. The molecule has 37 heavy (non-hydrogen) atoms.